The first-order chi connectivity index (χ1) is 18.9. The summed E-state index contributed by atoms with van der Waals surface area (Å²) in [6.07, 6.45) is 6.91. The van der Waals surface area contributed by atoms with Gasteiger partial charge in [0.15, 0.2) is 11.6 Å². The van der Waals surface area contributed by atoms with Crippen LogP contribution >= 0.6 is 11.6 Å². The Hall–Kier alpha value is -4.05. The van der Waals surface area contributed by atoms with Crippen molar-refractivity contribution in [1.29, 1.82) is 0 Å². The second-order valence-electron chi connectivity index (χ2n) is 9.23. The summed E-state index contributed by atoms with van der Waals surface area (Å²) in [5.74, 6) is -0.0773. The van der Waals surface area contributed by atoms with E-state index >= 15 is 0 Å². The first kappa shape index (κ1) is 26.6. The van der Waals surface area contributed by atoms with Crippen LogP contribution in [0, 0.1) is 11.6 Å². The number of nitrogens with one attached hydrogen (secondary N) is 1. The third kappa shape index (κ3) is 5.85. The highest BCUT2D eigenvalue weighted by atomic mass is 35.5. The van der Waals surface area contributed by atoms with Crippen molar-refractivity contribution in [2.24, 2.45) is 0 Å². The van der Waals surface area contributed by atoms with Gasteiger partial charge < -0.3 is 15.0 Å². The topological polar surface area (TPSA) is 85.2 Å². The molecule has 8 nitrogen and oxygen atoms in total. The molecule has 4 aromatic rings. The number of ether oxygens (including phenoxy) is 1. The SMILES string of the molecule is COc1ccc(-c2nc(-c3ccncc3)nn2CCN(C(=O)Nc2c(F)cccc2F)C2CCCC2)cc1Cl. The Morgan fingerprint density at radius 2 is 1.82 bits per heavy atom. The molecular weight excluding hydrogens is 526 g/mol. The molecule has 0 atom stereocenters. The summed E-state index contributed by atoms with van der Waals surface area (Å²) in [5, 5.41) is 7.59. The average Bonchev–Trinajstić information content (AvgIpc) is 3.62. The third-order valence-electron chi connectivity index (χ3n) is 6.79. The maximum absolute atomic E-state index is 14.3. The highest BCUT2D eigenvalue weighted by Gasteiger charge is 2.28. The zero-order valence-corrected chi connectivity index (χ0v) is 22.0. The van der Waals surface area contributed by atoms with E-state index in [1.54, 1.807) is 41.2 Å². The van der Waals surface area contributed by atoms with Crippen molar-refractivity contribution in [3.8, 4) is 28.5 Å². The van der Waals surface area contributed by atoms with Crippen LogP contribution in [0.1, 0.15) is 25.7 Å². The van der Waals surface area contributed by atoms with Gasteiger partial charge in [-0.15, -0.1) is 0 Å². The molecular formula is C28H27ClF2N6O2. The summed E-state index contributed by atoms with van der Waals surface area (Å²) >= 11 is 6.40. The number of methoxy groups -OCH3 is 1. The molecule has 5 rings (SSSR count). The number of rotatable bonds is 8. The number of halogens is 3. The van der Waals surface area contributed by atoms with E-state index in [-0.39, 0.29) is 12.6 Å². The second kappa shape index (κ2) is 11.8. The van der Waals surface area contributed by atoms with E-state index < -0.39 is 23.4 Å². The number of nitrogens with zero attached hydrogens (tertiary/aromatic N) is 5. The number of anilines is 1. The zero-order valence-electron chi connectivity index (χ0n) is 21.3. The predicted octanol–water partition coefficient (Wildman–Crippen LogP) is 6.42. The molecule has 2 heterocycles. The van der Waals surface area contributed by atoms with Gasteiger partial charge in [0.2, 0.25) is 0 Å². The smallest absolute Gasteiger partial charge is 0.322 e. The fourth-order valence-corrected chi connectivity index (χ4v) is 5.06. The molecule has 1 saturated carbocycles. The molecule has 1 N–H and O–H groups in total. The minimum Gasteiger partial charge on any atom is -0.495 e. The van der Waals surface area contributed by atoms with E-state index in [0.717, 1.165) is 48.9 Å². The molecule has 0 aliphatic heterocycles. The van der Waals surface area contributed by atoms with Crippen molar-refractivity contribution >= 4 is 23.3 Å². The van der Waals surface area contributed by atoms with E-state index in [9.17, 15) is 13.6 Å². The summed E-state index contributed by atoms with van der Waals surface area (Å²) in [4.78, 5) is 23.8. The van der Waals surface area contributed by atoms with Crippen molar-refractivity contribution in [3.05, 3.63) is 77.6 Å². The number of para-hydroxylation sites is 1. The molecule has 0 spiro atoms. The Kier molecular flexibility index (Phi) is 8.02. The predicted molar refractivity (Wildman–Crippen MR) is 145 cm³/mol. The van der Waals surface area contributed by atoms with Crippen LogP contribution in [0.3, 0.4) is 0 Å². The number of hydrogen-bond donors (Lipinski definition) is 1. The van der Waals surface area contributed by atoms with Gasteiger partial charge in [0.1, 0.15) is 23.1 Å². The molecule has 2 aromatic carbocycles. The van der Waals surface area contributed by atoms with Gasteiger partial charge in [-0.05, 0) is 55.3 Å². The Bertz CT molecular complexity index is 1440. The van der Waals surface area contributed by atoms with Crippen LogP contribution in [-0.4, -0.2) is 50.4 Å². The van der Waals surface area contributed by atoms with E-state index in [1.807, 2.05) is 18.2 Å². The molecule has 0 bridgehead atoms. The van der Waals surface area contributed by atoms with Crippen LogP contribution in [0.15, 0.2) is 60.9 Å². The molecule has 0 saturated heterocycles. The molecule has 202 valence electrons. The largest absolute Gasteiger partial charge is 0.495 e. The normalized spacial score (nSPS) is 13.4. The maximum Gasteiger partial charge on any atom is 0.322 e. The summed E-state index contributed by atoms with van der Waals surface area (Å²) in [6.45, 7) is 0.545. The summed E-state index contributed by atoms with van der Waals surface area (Å²) in [6, 6.07) is 11.8. The summed E-state index contributed by atoms with van der Waals surface area (Å²) in [7, 11) is 1.54. The van der Waals surface area contributed by atoms with Crippen LogP contribution in [0.5, 0.6) is 5.75 Å². The molecule has 1 fully saturated rings. The van der Waals surface area contributed by atoms with E-state index in [4.69, 9.17) is 26.4 Å². The maximum atomic E-state index is 14.3. The van der Waals surface area contributed by atoms with Crippen molar-refractivity contribution in [2.75, 3.05) is 19.0 Å². The Labute approximate surface area is 229 Å². The van der Waals surface area contributed by atoms with Crippen molar-refractivity contribution in [1.82, 2.24) is 24.6 Å². The Balaban J connectivity index is 1.45. The van der Waals surface area contributed by atoms with Crippen molar-refractivity contribution < 1.29 is 18.3 Å². The number of amides is 2. The second-order valence-corrected chi connectivity index (χ2v) is 9.63. The monoisotopic (exact) mass is 552 g/mol. The van der Waals surface area contributed by atoms with Gasteiger partial charge in [0.25, 0.3) is 0 Å². The molecule has 1 aliphatic rings. The number of benzene rings is 2. The molecule has 0 radical (unpaired) electrons. The lowest BCUT2D eigenvalue weighted by molar-refractivity contribution is 0.184. The molecule has 39 heavy (non-hydrogen) atoms. The van der Waals surface area contributed by atoms with Gasteiger partial charge >= 0.3 is 6.03 Å². The van der Waals surface area contributed by atoms with Gasteiger partial charge in [-0.1, -0.05) is 30.5 Å². The minimum absolute atomic E-state index is 0.0538. The van der Waals surface area contributed by atoms with E-state index in [2.05, 4.69) is 10.3 Å². The molecule has 2 aromatic heterocycles. The van der Waals surface area contributed by atoms with E-state index in [0.29, 0.717) is 29.0 Å². The van der Waals surface area contributed by atoms with Crippen LogP contribution in [0.2, 0.25) is 5.02 Å². The summed E-state index contributed by atoms with van der Waals surface area (Å²) in [5.41, 5.74) is 1.05. The summed E-state index contributed by atoms with van der Waals surface area (Å²) < 4.78 is 35.5. The Morgan fingerprint density at radius 3 is 2.49 bits per heavy atom. The molecule has 0 unspecified atom stereocenters. The molecule has 2 amide bonds. The van der Waals surface area contributed by atoms with Gasteiger partial charge in [0.05, 0.1) is 18.7 Å². The highest BCUT2D eigenvalue weighted by Crippen LogP contribution is 2.31. The lowest BCUT2D eigenvalue weighted by Crippen LogP contribution is -2.43. The average molecular weight is 553 g/mol. The van der Waals surface area contributed by atoms with Crippen LogP contribution in [-0.2, 0) is 6.54 Å². The Morgan fingerprint density at radius 1 is 1.10 bits per heavy atom. The van der Waals surface area contributed by atoms with Crippen molar-refractivity contribution in [2.45, 2.75) is 38.3 Å². The van der Waals surface area contributed by atoms with Gasteiger partial charge in [-0.3, -0.25) is 4.98 Å². The lowest BCUT2D eigenvalue weighted by atomic mass is 10.2. The number of aromatic nitrogens is 4. The third-order valence-corrected chi connectivity index (χ3v) is 7.09. The quantitative estimate of drug-likeness (QED) is 0.272. The van der Waals surface area contributed by atoms with Crippen LogP contribution in [0.4, 0.5) is 19.3 Å². The number of hydrogen-bond acceptors (Lipinski definition) is 5. The number of pyridine rings is 1. The van der Waals surface area contributed by atoms with E-state index in [1.165, 1.54) is 6.07 Å². The minimum atomic E-state index is -0.827. The first-order valence-electron chi connectivity index (χ1n) is 12.7. The number of urea groups is 1. The number of carbonyl (C=O) groups excluding carboxylic acids is 1. The zero-order chi connectivity index (χ0) is 27.4. The van der Waals surface area contributed by atoms with Crippen LogP contribution < -0.4 is 10.1 Å². The number of carbonyl (C=O) groups is 1. The van der Waals surface area contributed by atoms with Crippen LogP contribution in [0.25, 0.3) is 22.8 Å². The fraction of sp³-hybridized carbons (Fsp3) is 0.286. The molecule has 1 aliphatic carbocycles. The first-order valence-corrected chi connectivity index (χ1v) is 13.0. The van der Waals surface area contributed by atoms with Gasteiger partial charge in [-0.25, -0.2) is 23.2 Å². The van der Waals surface area contributed by atoms with Crippen molar-refractivity contribution in [3.63, 3.8) is 0 Å². The lowest BCUT2D eigenvalue weighted by Gasteiger charge is -2.29. The van der Waals surface area contributed by atoms with Gasteiger partial charge in [-0.2, -0.15) is 5.10 Å². The highest BCUT2D eigenvalue weighted by molar-refractivity contribution is 6.32. The standard InChI is InChI=1S/C28H27ClF2N6O2/c1-39-24-10-9-19(17-21(24)29)27-34-26(18-11-13-32-14-12-18)35-37(27)16-15-36(20-5-2-3-6-20)28(38)33-25-22(30)7-4-8-23(25)31/h4,7-14,17,20H,2-3,5-6,15-16H2,1H3,(H,33,38). The van der Waals surface area contributed by atoms with Gasteiger partial charge in [0, 0.05) is 36.1 Å². The fourth-order valence-electron chi connectivity index (χ4n) is 4.80. The molecule has 11 heteroatoms.